The van der Waals surface area contributed by atoms with Gasteiger partial charge in [-0.25, -0.2) is 0 Å². The number of rotatable bonds is 3. The van der Waals surface area contributed by atoms with E-state index in [1.165, 1.54) is 51.4 Å². The molecule has 0 heterocycles. The third kappa shape index (κ3) is 2.48. The van der Waals surface area contributed by atoms with Gasteiger partial charge in [0.2, 0.25) is 0 Å². The Labute approximate surface area is 86.3 Å². The predicted molar refractivity (Wildman–Crippen MR) is 55.6 cm³/mol. The Bertz CT molecular complexity index is 165. The lowest BCUT2D eigenvalue weighted by Crippen LogP contribution is -2.29. The van der Waals surface area contributed by atoms with Crippen molar-refractivity contribution in [3.63, 3.8) is 0 Å². The molecule has 2 nitrogen and oxygen atoms in total. The second-order valence-corrected chi connectivity index (χ2v) is 5.08. The quantitative estimate of drug-likeness (QED) is 0.539. The summed E-state index contributed by atoms with van der Waals surface area (Å²) in [5, 5.41) is 18.8. The van der Waals surface area contributed by atoms with Crippen molar-refractivity contribution in [1.82, 2.24) is 0 Å². The smallest absolute Gasteiger partial charge is 0.154 e. The van der Waals surface area contributed by atoms with Gasteiger partial charge in [0, 0.05) is 5.92 Å². The lowest BCUT2D eigenvalue weighted by molar-refractivity contribution is -0.109. The van der Waals surface area contributed by atoms with Crippen LogP contribution in [0, 0.1) is 17.8 Å². The van der Waals surface area contributed by atoms with Gasteiger partial charge in [-0.15, -0.1) is 0 Å². The van der Waals surface area contributed by atoms with Crippen molar-refractivity contribution in [2.75, 3.05) is 0 Å². The summed E-state index contributed by atoms with van der Waals surface area (Å²) in [6.45, 7) is 0. The normalized spacial score (nSPS) is 27.6. The molecule has 2 heteroatoms. The fourth-order valence-electron chi connectivity index (χ4n) is 3.05. The summed E-state index contributed by atoms with van der Waals surface area (Å²) >= 11 is 0. The number of aliphatic hydroxyl groups is 2. The van der Waals surface area contributed by atoms with Gasteiger partial charge in [0.25, 0.3) is 0 Å². The summed E-state index contributed by atoms with van der Waals surface area (Å²) < 4.78 is 0. The second kappa shape index (κ2) is 4.63. The predicted octanol–water partition coefficient (Wildman–Crippen LogP) is 2.29. The van der Waals surface area contributed by atoms with Gasteiger partial charge in [-0.1, -0.05) is 25.7 Å². The molecule has 14 heavy (non-hydrogen) atoms. The highest BCUT2D eigenvalue weighted by atomic mass is 16.5. The maximum absolute atomic E-state index is 9.42. The van der Waals surface area contributed by atoms with Gasteiger partial charge in [0.05, 0.1) is 0 Å². The Hall–Kier alpha value is -0.0800. The van der Waals surface area contributed by atoms with Crippen molar-refractivity contribution in [2.24, 2.45) is 17.8 Å². The monoisotopic (exact) mass is 198 g/mol. The van der Waals surface area contributed by atoms with Gasteiger partial charge in [-0.05, 0) is 37.5 Å². The first-order valence-electron chi connectivity index (χ1n) is 6.15. The van der Waals surface area contributed by atoms with Crippen LogP contribution < -0.4 is 0 Å². The first kappa shape index (κ1) is 10.4. The van der Waals surface area contributed by atoms with Crippen LogP contribution in [-0.4, -0.2) is 16.5 Å². The SMILES string of the molecule is OC(O)C(C1CCCCCC1)C1CC1. The Morgan fingerprint density at radius 1 is 0.714 bits per heavy atom. The molecule has 2 fully saturated rings. The molecule has 2 N–H and O–H groups in total. The zero-order valence-electron chi connectivity index (χ0n) is 8.86. The molecule has 0 bridgehead atoms. The van der Waals surface area contributed by atoms with Crippen LogP contribution in [0.25, 0.3) is 0 Å². The van der Waals surface area contributed by atoms with Crippen LogP contribution in [0.3, 0.4) is 0 Å². The van der Waals surface area contributed by atoms with E-state index in [4.69, 9.17) is 0 Å². The van der Waals surface area contributed by atoms with Crippen LogP contribution in [0.2, 0.25) is 0 Å². The molecule has 2 aliphatic carbocycles. The molecule has 1 atom stereocenters. The van der Waals surface area contributed by atoms with E-state index in [0.29, 0.717) is 11.8 Å². The van der Waals surface area contributed by atoms with Gasteiger partial charge < -0.3 is 10.2 Å². The van der Waals surface area contributed by atoms with E-state index in [2.05, 4.69) is 0 Å². The first-order valence-corrected chi connectivity index (χ1v) is 6.15. The van der Waals surface area contributed by atoms with E-state index < -0.39 is 6.29 Å². The first-order chi connectivity index (χ1) is 6.79. The maximum Gasteiger partial charge on any atom is 0.154 e. The molecule has 0 amide bonds. The second-order valence-electron chi connectivity index (χ2n) is 5.08. The molecule has 82 valence electrons. The largest absolute Gasteiger partial charge is 0.368 e. The van der Waals surface area contributed by atoms with Crippen molar-refractivity contribution in [3.05, 3.63) is 0 Å². The van der Waals surface area contributed by atoms with Crippen LogP contribution in [-0.2, 0) is 0 Å². The van der Waals surface area contributed by atoms with Crippen LogP contribution in [0.5, 0.6) is 0 Å². The number of aliphatic hydroxyl groups excluding tert-OH is 1. The van der Waals surface area contributed by atoms with Crippen LogP contribution >= 0.6 is 0 Å². The van der Waals surface area contributed by atoms with Gasteiger partial charge in [0.1, 0.15) is 0 Å². The highest BCUT2D eigenvalue weighted by molar-refractivity contribution is 4.87. The van der Waals surface area contributed by atoms with Gasteiger partial charge in [0.15, 0.2) is 6.29 Å². The van der Waals surface area contributed by atoms with Crippen molar-refractivity contribution in [1.29, 1.82) is 0 Å². The average Bonchev–Trinajstić information content (AvgIpc) is 2.91. The highest BCUT2D eigenvalue weighted by Crippen LogP contribution is 2.45. The Morgan fingerprint density at radius 2 is 1.21 bits per heavy atom. The topological polar surface area (TPSA) is 40.5 Å². The van der Waals surface area contributed by atoms with Gasteiger partial charge in [-0.3, -0.25) is 0 Å². The van der Waals surface area contributed by atoms with Crippen LogP contribution in [0.1, 0.15) is 51.4 Å². The molecule has 0 radical (unpaired) electrons. The molecule has 0 aromatic heterocycles. The van der Waals surface area contributed by atoms with Crippen LogP contribution in [0.15, 0.2) is 0 Å². The lowest BCUT2D eigenvalue weighted by Gasteiger charge is -2.27. The minimum Gasteiger partial charge on any atom is -0.368 e. The summed E-state index contributed by atoms with van der Waals surface area (Å²) in [7, 11) is 0. The zero-order chi connectivity index (χ0) is 9.97. The summed E-state index contributed by atoms with van der Waals surface area (Å²) in [6.07, 6.45) is 9.09. The highest BCUT2D eigenvalue weighted by Gasteiger charge is 2.40. The summed E-state index contributed by atoms with van der Waals surface area (Å²) in [6, 6.07) is 0. The third-order valence-electron chi connectivity index (χ3n) is 3.95. The molecule has 2 aliphatic rings. The number of hydrogen-bond acceptors (Lipinski definition) is 2. The maximum atomic E-state index is 9.42. The van der Waals surface area contributed by atoms with Gasteiger partial charge in [-0.2, -0.15) is 0 Å². The standard InChI is InChI=1S/C12H22O2/c13-12(14)11(10-7-8-10)9-5-3-1-2-4-6-9/h9-14H,1-8H2. The van der Waals surface area contributed by atoms with E-state index in [1.54, 1.807) is 0 Å². The summed E-state index contributed by atoms with van der Waals surface area (Å²) in [5.41, 5.74) is 0. The van der Waals surface area contributed by atoms with E-state index in [1.807, 2.05) is 0 Å². The summed E-state index contributed by atoms with van der Waals surface area (Å²) in [4.78, 5) is 0. The molecule has 0 spiro atoms. The Morgan fingerprint density at radius 3 is 1.64 bits per heavy atom. The number of hydrogen-bond donors (Lipinski definition) is 2. The van der Waals surface area contributed by atoms with E-state index in [9.17, 15) is 10.2 Å². The summed E-state index contributed by atoms with van der Waals surface area (Å²) in [5.74, 6) is 1.40. The van der Waals surface area contributed by atoms with Gasteiger partial charge >= 0.3 is 0 Å². The fraction of sp³-hybridized carbons (Fsp3) is 1.00. The Kier molecular flexibility index (Phi) is 3.45. The molecular formula is C12H22O2. The molecule has 2 saturated carbocycles. The molecule has 1 unspecified atom stereocenters. The Balaban J connectivity index is 1.93. The lowest BCUT2D eigenvalue weighted by atomic mass is 9.82. The minimum atomic E-state index is -1.06. The molecule has 0 aromatic carbocycles. The van der Waals surface area contributed by atoms with E-state index in [0.717, 1.165) is 0 Å². The minimum absolute atomic E-state index is 0.188. The molecular weight excluding hydrogens is 176 g/mol. The average molecular weight is 198 g/mol. The zero-order valence-corrected chi connectivity index (χ0v) is 8.86. The third-order valence-corrected chi connectivity index (χ3v) is 3.95. The molecule has 0 saturated heterocycles. The fourth-order valence-corrected chi connectivity index (χ4v) is 3.05. The van der Waals surface area contributed by atoms with E-state index in [-0.39, 0.29) is 5.92 Å². The molecule has 0 aromatic rings. The van der Waals surface area contributed by atoms with E-state index >= 15 is 0 Å². The molecule has 0 aliphatic heterocycles. The van der Waals surface area contributed by atoms with Crippen molar-refractivity contribution in [3.8, 4) is 0 Å². The van der Waals surface area contributed by atoms with Crippen molar-refractivity contribution in [2.45, 2.75) is 57.7 Å². The molecule has 2 rings (SSSR count). The van der Waals surface area contributed by atoms with Crippen molar-refractivity contribution >= 4 is 0 Å². The van der Waals surface area contributed by atoms with Crippen LogP contribution in [0.4, 0.5) is 0 Å². The van der Waals surface area contributed by atoms with Crippen molar-refractivity contribution < 1.29 is 10.2 Å².